The Hall–Kier alpha value is -1.14. The van der Waals surface area contributed by atoms with E-state index in [1.165, 1.54) is 11.8 Å². The molecule has 1 aromatic carbocycles. The Labute approximate surface area is 119 Å². The Morgan fingerprint density at radius 1 is 1.33 bits per heavy atom. The summed E-state index contributed by atoms with van der Waals surface area (Å²) >= 11 is 4.95. The minimum atomic E-state index is 0.806. The van der Waals surface area contributed by atoms with Crippen LogP contribution in [-0.2, 0) is 6.42 Å². The maximum absolute atomic E-state index is 4.44. The van der Waals surface area contributed by atoms with E-state index < -0.39 is 0 Å². The monoisotopic (exact) mass is 324 g/mol. The Bertz CT molecular complexity index is 526. The van der Waals surface area contributed by atoms with E-state index in [2.05, 4.69) is 31.2 Å². The highest BCUT2D eigenvalue weighted by Gasteiger charge is 2.07. The van der Waals surface area contributed by atoms with E-state index in [1.54, 1.807) is 4.68 Å². The second-order valence-electron chi connectivity index (χ2n) is 3.56. The lowest BCUT2D eigenvalue weighted by atomic mass is 10.2. The van der Waals surface area contributed by atoms with Gasteiger partial charge in [-0.1, -0.05) is 46.7 Å². The van der Waals surface area contributed by atoms with Crippen LogP contribution in [0.15, 0.2) is 39.0 Å². The second kappa shape index (κ2) is 6.15. The zero-order chi connectivity index (χ0) is 13.0. The topological polar surface area (TPSA) is 43.1 Å². The summed E-state index contributed by atoms with van der Waals surface area (Å²) in [5, 5.41) is 13.4. The highest BCUT2D eigenvalue weighted by Crippen LogP contribution is 2.14. The van der Waals surface area contributed by atoms with Crippen LogP contribution >= 0.6 is 27.7 Å². The van der Waals surface area contributed by atoms with E-state index in [0.717, 1.165) is 27.4 Å². The first kappa shape index (κ1) is 13.3. The molecule has 0 unspecified atom stereocenters. The minimum Gasteiger partial charge on any atom is -0.192 e. The van der Waals surface area contributed by atoms with E-state index >= 15 is 0 Å². The lowest BCUT2D eigenvalue weighted by Crippen LogP contribution is -1.98. The van der Waals surface area contributed by atoms with Gasteiger partial charge in [-0.25, -0.2) is 0 Å². The van der Waals surface area contributed by atoms with Crippen LogP contribution in [0.2, 0.25) is 0 Å². The second-order valence-corrected chi connectivity index (χ2v) is 5.25. The van der Waals surface area contributed by atoms with Gasteiger partial charge in [0, 0.05) is 10.9 Å². The molecule has 94 valence electrons. The maximum Gasteiger partial charge on any atom is 0.211 e. The summed E-state index contributed by atoms with van der Waals surface area (Å²) in [6.07, 6.45) is 4.59. The van der Waals surface area contributed by atoms with Gasteiger partial charge in [0.25, 0.3) is 0 Å². The minimum absolute atomic E-state index is 0.806. The van der Waals surface area contributed by atoms with Crippen molar-refractivity contribution in [3.63, 3.8) is 0 Å². The van der Waals surface area contributed by atoms with Gasteiger partial charge in [0.05, 0.1) is 6.21 Å². The summed E-state index contributed by atoms with van der Waals surface area (Å²) in [6.45, 7) is 2.04. The molecule has 0 aliphatic rings. The van der Waals surface area contributed by atoms with E-state index in [4.69, 9.17) is 0 Å². The highest BCUT2D eigenvalue weighted by molar-refractivity contribution is 9.10. The summed E-state index contributed by atoms with van der Waals surface area (Å²) in [5.41, 5.74) is 1.04. The zero-order valence-electron chi connectivity index (χ0n) is 10.2. The van der Waals surface area contributed by atoms with Gasteiger partial charge in [-0.2, -0.15) is 9.78 Å². The fourth-order valence-electron chi connectivity index (χ4n) is 1.43. The molecular formula is C12H13BrN4S. The van der Waals surface area contributed by atoms with Gasteiger partial charge >= 0.3 is 0 Å². The lowest BCUT2D eigenvalue weighted by molar-refractivity contribution is 0.723. The number of hydrogen-bond donors (Lipinski definition) is 0. The van der Waals surface area contributed by atoms with Crippen LogP contribution in [0.25, 0.3) is 0 Å². The predicted octanol–water partition coefficient (Wildman–Crippen LogP) is 3.21. The molecule has 0 aliphatic heterocycles. The fraction of sp³-hybridized carbons (Fsp3) is 0.250. The van der Waals surface area contributed by atoms with Crippen molar-refractivity contribution >= 4 is 33.9 Å². The summed E-state index contributed by atoms with van der Waals surface area (Å²) in [4.78, 5) is 0. The molecule has 0 bridgehead atoms. The van der Waals surface area contributed by atoms with Crippen molar-refractivity contribution in [2.24, 2.45) is 5.10 Å². The van der Waals surface area contributed by atoms with E-state index in [0.29, 0.717) is 0 Å². The van der Waals surface area contributed by atoms with Gasteiger partial charge in [-0.3, -0.25) is 0 Å². The van der Waals surface area contributed by atoms with Crippen molar-refractivity contribution in [2.75, 3.05) is 6.26 Å². The SMILES string of the molecule is CCc1nnc(SC)n1/N=C\c1ccc(Br)cc1. The van der Waals surface area contributed by atoms with Crippen molar-refractivity contribution in [1.82, 2.24) is 14.9 Å². The van der Waals surface area contributed by atoms with Crippen molar-refractivity contribution < 1.29 is 0 Å². The molecule has 0 saturated heterocycles. The molecule has 6 heteroatoms. The molecule has 18 heavy (non-hydrogen) atoms. The molecule has 0 spiro atoms. The van der Waals surface area contributed by atoms with Crippen LogP contribution < -0.4 is 0 Å². The number of aromatic nitrogens is 3. The van der Waals surface area contributed by atoms with Crippen molar-refractivity contribution in [1.29, 1.82) is 0 Å². The summed E-state index contributed by atoms with van der Waals surface area (Å²) in [6, 6.07) is 7.98. The number of rotatable bonds is 4. The number of benzene rings is 1. The van der Waals surface area contributed by atoms with Gasteiger partial charge in [0.15, 0.2) is 5.82 Å². The highest BCUT2D eigenvalue weighted by atomic mass is 79.9. The molecule has 0 atom stereocenters. The third-order valence-corrected chi connectivity index (χ3v) is 3.52. The van der Waals surface area contributed by atoms with Crippen LogP contribution in [0, 0.1) is 0 Å². The van der Waals surface area contributed by atoms with Crippen LogP contribution in [0.4, 0.5) is 0 Å². The molecule has 0 aliphatic carbocycles. The third-order valence-electron chi connectivity index (χ3n) is 2.37. The molecule has 4 nitrogen and oxygen atoms in total. The van der Waals surface area contributed by atoms with E-state index in [1.807, 2.05) is 43.7 Å². The van der Waals surface area contributed by atoms with Gasteiger partial charge in [0.2, 0.25) is 5.16 Å². The van der Waals surface area contributed by atoms with Crippen LogP contribution in [0.3, 0.4) is 0 Å². The first-order valence-electron chi connectivity index (χ1n) is 5.52. The maximum atomic E-state index is 4.44. The summed E-state index contributed by atoms with van der Waals surface area (Å²) in [5.74, 6) is 0.868. The standard InChI is InChI=1S/C12H13BrN4S/c1-3-11-15-16-12(18-2)17(11)14-8-9-4-6-10(13)7-5-9/h4-8H,3H2,1-2H3/b14-8-. The zero-order valence-corrected chi connectivity index (χ0v) is 12.6. The van der Waals surface area contributed by atoms with Gasteiger partial charge in [-0.15, -0.1) is 10.2 Å². The smallest absolute Gasteiger partial charge is 0.192 e. The number of nitrogens with zero attached hydrogens (tertiary/aromatic N) is 4. The average molecular weight is 325 g/mol. The van der Waals surface area contributed by atoms with Gasteiger partial charge in [-0.05, 0) is 24.0 Å². The fourth-order valence-corrected chi connectivity index (χ4v) is 2.14. The van der Waals surface area contributed by atoms with Gasteiger partial charge < -0.3 is 0 Å². The first-order valence-corrected chi connectivity index (χ1v) is 7.54. The quantitative estimate of drug-likeness (QED) is 0.640. The van der Waals surface area contributed by atoms with Crippen LogP contribution in [0.1, 0.15) is 18.3 Å². The number of aryl methyl sites for hydroxylation is 1. The Morgan fingerprint density at radius 2 is 2.06 bits per heavy atom. The van der Waals surface area contributed by atoms with E-state index in [9.17, 15) is 0 Å². The lowest BCUT2D eigenvalue weighted by Gasteiger charge is -2.00. The van der Waals surface area contributed by atoms with Crippen molar-refractivity contribution in [3.8, 4) is 0 Å². The van der Waals surface area contributed by atoms with Crippen LogP contribution in [-0.4, -0.2) is 27.3 Å². The molecule has 0 saturated carbocycles. The molecule has 2 aromatic rings. The Morgan fingerprint density at radius 3 is 2.67 bits per heavy atom. The molecule has 2 rings (SSSR count). The number of halogens is 1. The Kier molecular flexibility index (Phi) is 4.54. The molecule has 1 aromatic heterocycles. The Balaban J connectivity index is 2.27. The van der Waals surface area contributed by atoms with Crippen molar-refractivity contribution in [3.05, 3.63) is 40.1 Å². The molecule has 0 amide bonds. The molecular weight excluding hydrogens is 312 g/mol. The van der Waals surface area contributed by atoms with E-state index in [-0.39, 0.29) is 0 Å². The largest absolute Gasteiger partial charge is 0.211 e. The summed E-state index contributed by atoms with van der Waals surface area (Å²) < 4.78 is 2.84. The summed E-state index contributed by atoms with van der Waals surface area (Å²) in [7, 11) is 0. The normalized spacial score (nSPS) is 11.3. The molecule has 0 fully saturated rings. The first-order chi connectivity index (χ1) is 8.74. The molecule has 0 radical (unpaired) electrons. The average Bonchev–Trinajstić information content (AvgIpc) is 2.80. The van der Waals surface area contributed by atoms with Crippen molar-refractivity contribution in [2.45, 2.75) is 18.5 Å². The van der Waals surface area contributed by atoms with Gasteiger partial charge in [0.1, 0.15) is 0 Å². The van der Waals surface area contributed by atoms with Crippen LogP contribution in [0.5, 0.6) is 0 Å². The number of hydrogen-bond acceptors (Lipinski definition) is 4. The third kappa shape index (κ3) is 3.00. The predicted molar refractivity (Wildman–Crippen MR) is 78.3 cm³/mol. The molecule has 0 N–H and O–H groups in total. The number of thioether (sulfide) groups is 1. The molecule has 1 heterocycles.